The summed E-state index contributed by atoms with van der Waals surface area (Å²) in [7, 11) is 3.26. The van der Waals surface area contributed by atoms with Crippen molar-refractivity contribution in [2.24, 2.45) is 0 Å². The van der Waals surface area contributed by atoms with E-state index in [1.807, 2.05) is 0 Å². The smallest absolute Gasteiger partial charge is 0.124 e. The first-order valence-electron chi connectivity index (χ1n) is 4.38. The van der Waals surface area contributed by atoms with Crippen molar-refractivity contribution in [3.05, 3.63) is 23.8 Å². The van der Waals surface area contributed by atoms with Gasteiger partial charge in [0.1, 0.15) is 11.5 Å². The Morgan fingerprint density at radius 3 is 2.64 bits per heavy atom. The Morgan fingerprint density at radius 2 is 2.21 bits per heavy atom. The van der Waals surface area contributed by atoms with Crippen LogP contribution < -0.4 is 10.1 Å². The molecule has 4 nitrogen and oxygen atoms in total. The molecule has 0 saturated heterocycles. The van der Waals surface area contributed by atoms with E-state index in [0.717, 1.165) is 0 Å². The first kappa shape index (κ1) is 10.8. The highest BCUT2D eigenvalue weighted by atomic mass is 16.5. The van der Waals surface area contributed by atoms with Gasteiger partial charge in [-0.15, -0.1) is 0 Å². The van der Waals surface area contributed by atoms with Crippen molar-refractivity contribution in [3.8, 4) is 11.5 Å². The van der Waals surface area contributed by atoms with Crippen LogP contribution in [0.4, 0.5) is 0 Å². The van der Waals surface area contributed by atoms with Crippen molar-refractivity contribution >= 4 is 0 Å². The number of nitrogens with one attached hydrogen (secondary N) is 1. The molecule has 78 valence electrons. The number of hydrogen-bond acceptors (Lipinski definition) is 4. The Morgan fingerprint density at radius 1 is 1.50 bits per heavy atom. The maximum atomic E-state index is 9.62. The van der Waals surface area contributed by atoms with Gasteiger partial charge in [0.25, 0.3) is 0 Å². The van der Waals surface area contributed by atoms with E-state index in [-0.39, 0.29) is 18.4 Å². The molecule has 0 unspecified atom stereocenters. The number of benzene rings is 1. The van der Waals surface area contributed by atoms with Crippen LogP contribution in [0.1, 0.15) is 11.6 Å². The zero-order chi connectivity index (χ0) is 10.6. The average Bonchev–Trinajstić information content (AvgIpc) is 2.22. The number of hydrogen-bond donors (Lipinski definition) is 3. The summed E-state index contributed by atoms with van der Waals surface area (Å²) in [6, 6.07) is 4.75. The number of ether oxygens (including phenoxy) is 1. The van der Waals surface area contributed by atoms with Crippen LogP contribution in [0.15, 0.2) is 18.2 Å². The lowest BCUT2D eigenvalue weighted by Crippen LogP contribution is -2.19. The Balaban J connectivity index is 2.98. The molecule has 0 amide bonds. The second-order valence-corrected chi connectivity index (χ2v) is 2.95. The number of methoxy groups -OCH3 is 1. The highest BCUT2D eigenvalue weighted by Gasteiger charge is 2.12. The Bertz CT molecular complexity index is 297. The quantitative estimate of drug-likeness (QED) is 0.663. The molecule has 4 heteroatoms. The fraction of sp³-hybridized carbons (Fsp3) is 0.400. The van der Waals surface area contributed by atoms with Crippen LogP contribution in [0.25, 0.3) is 0 Å². The van der Waals surface area contributed by atoms with Gasteiger partial charge in [0.05, 0.1) is 19.8 Å². The number of phenols is 1. The van der Waals surface area contributed by atoms with E-state index >= 15 is 0 Å². The molecule has 0 aliphatic carbocycles. The van der Waals surface area contributed by atoms with E-state index in [1.165, 1.54) is 13.2 Å². The summed E-state index contributed by atoms with van der Waals surface area (Å²) in [4.78, 5) is 0. The number of likely N-dealkylation sites (N-methyl/N-ethyl adjacent to an activating group) is 1. The van der Waals surface area contributed by atoms with Crippen LogP contribution in [0.2, 0.25) is 0 Å². The van der Waals surface area contributed by atoms with Gasteiger partial charge in [-0.3, -0.25) is 0 Å². The molecule has 1 atom stereocenters. The predicted octanol–water partition coefficient (Wildman–Crippen LogP) is 0.654. The van der Waals surface area contributed by atoms with E-state index in [4.69, 9.17) is 9.84 Å². The van der Waals surface area contributed by atoms with Gasteiger partial charge in [0.15, 0.2) is 0 Å². The van der Waals surface area contributed by atoms with Gasteiger partial charge in [-0.25, -0.2) is 0 Å². The van der Waals surface area contributed by atoms with Gasteiger partial charge in [-0.1, -0.05) is 0 Å². The Hall–Kier alpha value is -1.26. The summed E-state index contributed by atoms with van der Waals surface area (Å²) in [5.74, 6) is 0.719. The summed E-state index contributed by atoms with van der Waals surface area (Å²) >= 11 is 0. The third kappa shape index (κ3) is 2.16. The largest absolute Gasteiger partial charge is 0.507 e. The van der Waals surface area contributed by atoms with Gasteiger partial charge < -0.3 is 20.3 Å². The molecule has 0 radical (unpaired) electrons. The average molecular weight is 197 g/mol. The molecule has 0 saturated carbocycles. The monoisotopic (exact) mass is 197 g/mol. The number of rotatable bonds is 4. The van der Waals surface area contributed by atoms with Crippen molar-refractivity contribution in [2.75, 3.05) is 20.8 Å². The molecule has 1 aromatic rings. The number of aromatic hydroxyl groups is 1. The van der Waals surface area contributed by atoms with Crippen LogP contribution in [-0.4, -0.2) is 31.0 Å². The highest BCUT2D eigenvalue weighted by Crippen LogP contribution is 2.27. The lowest BCUT2D eigenvalue weighted by Gasteiger charge is -2.15. The molecule has 0 bridgehead atoms. The van der Waals surface area contributed by atoms with Gasteiger partial charge in [0.2, 0.25) is 0 Å². The summed E-state index contributed by atoms with van der Waals surface area (Å²) in [5, 5.41) is 21.5. The summed E-state index contributed by atoms with van der Waals surface area (Å²) in [6.45, 7) is -0.0591. The maximum absolute atomic E-state index is 9.62. The van der Waals surface area contributed by atoms with Crippen LogP contribution in [0.5, 0.6) is 11.5 Å². The van der Waals surface area contributed by atoms with E-state index in [1.54, 1.807) is 19.2 Å². The molecular weight excluding hydrogens is 182 g/mol. The van der Waals surface area contributed by atoms with E-state index < -0.39 is 0 Å². The van der Waals surface area contributed by atoms with E-state index in [2.05, 4.69) is 5.32 Å². The molecule has 14 heavy (non-hydrogen) atoms. The Kier molecular flexibility index (Phi) is 3.73. The van der Waals surface area contributed by atoms with E-state index in [0.29, 0.717) is 11.3 Å². The first-order chi connectivity index (χ1) is 6.72. The number of phenolic OH excluding ortho intramolecular Hbond substituents is 1. The van der Waals surface area contributed by atoms with Crippen LogP contribution in [0.3, 0.4) is 0 Å². The van der Waals surface area contributed by atoms with Crippen molar-refractivity contribution < 1.29 is 14.9 Å². The van der Waals surface area contributed by atoms with Gasteiger partial charge >= 0.3 is 0 Å². The molecule has 3 N–H and O–H groups in total. The van der Waals surface area contributed by atoms with Crippen LogP contribution in [0, 0.1) is 0 Å². The molecule has 0 spiro atoms. The topological polar surface area (TPSA) is 61.7 Å². The van der Waals surface area contributed by atoms with Crippen molar-refractivity contribution in [2.45, 2.75) is 6.04 Å². The Labute approximate surface area is 83.1 Å². The van der Waals surface area contributed by atoms with Crippen molar-refractivity contribution in [1.29, 1.82) is 0 Å². The molecule has 1 rings (SSSR count). The number of aliphatic hydroxyl groups is 1. The zero-order valence-corrected chi connectivity index (χ0v) is 8.32. The second kappa shape index (κ2) is 4.83. The van der Waals surface area contributed by atoms with Crippen LogP contribution >= 0.6 is 0 Å². The number of aliphatic hydroxyl groups excluding tert-OH is 1. The first-order valence-corrected chi connectivity index (χ1v) is 4.38. The SMILES string of the molecule is CN[C@H](CO)c1ccc(OC)cc1O. The summed E-state index contributed by atoms with van der Waals surface area (Å²) in [6.07, 6.45) is 0. The lowest BCUT2D eigenvalue weighted by atomic mass is 10.1. The normalized spacial score (nSPS) is 12.5. The maximum Gasteiger partial charge on any atom is 0.124 e. The van der Waals surface area contributed by atoms with Gasteiger partial charge in [-0.05, 0) is 19.2 Å². The predicted molar refractivity (Wildman–Crippen MR) is 53.5 cm³/mol. The third-order valence-corrected chi connectivity index (χ3v) is 2.14. The zero-order valence-electron chi connectivity index (χ0n) is 8.32. The molecular formula is C10H15NO3. The lowest BCUT2D eigenvalue weighted by molar-refractivity contribution is 0.248. The van der Waals surface area contributed by atoms with Crippen molar-refractivity contribution in [1.82, 2.24) is 5.32 Å². The molecule has 0 heterocycles. The molecule has 0 aliphatic heterocycles. The highest BCUT2D eigenvalue weighted by molar-refractivity contribution is 5.41. The summed E-state index contributed by atoms with van der Waals surface area (Å²) in [5.41, 5.74) is 0.663. The summed E-state index contributed by atoms with van der Waals surface area (Å²) < 4.78 is 4.95. The molecule has 1 aromatic carbocycles. The third-order valence-electron chi connectivity index (χ3n) is 2.14. The van der Waals surface area contributed by atoms with Crippen LogP contribution in [-0.2, 0) is 0 Å². The fourth-order valence-electron chi connectivity index (χ4n) is 1.29. The minimum Gasteiger partial charge on any atom is -0.507 e. The van der Waals surface area contributed by atoms with Gasteiger partial charge in [-0.2, -0.15) is 0 Å². The molecule has 0 aromatic heterocycles. The molecule has 0 aliphatic rings. The van der Waals surface area contributed by atoms with E-state index in [9.17, 15) is 5.11 Å². The van der Waals surface area contributed by atoms with Crippen molar-refractivity contribution in [3.63, 3.8) is 0 Å². The minimum absolute atomic E-state index is 0.0591. The minimum atomic E-state index is -0.249. The molecule has 0 fully saturated rings. The second-order valence-electron chi connectivity index (χ2n) is 2.95. The standard InChI is InChI=1S/C10H15NO3/c1-11-9(6-12)8-4-3-7(14-2)5-10(8)13/h3-5,9,11-13H,6H2,1-2H3/t9-/m1/s1. The van der Waals surface area contributed by atoms with Gasteiger partial charge in [0, 0.05) is 11.6 Å². The fourth-order valence-corrected chi connectivity index (χ4v) is 1.29.